The molecule has 0 radical (unpaired) electrons. The summed E-state index contributed by atoms with van der Waals surface area (Å²) in [7, 11) is 4.02. The maximum absolute atomic E-state index is 13.2. The number of fused-ring (bicyclic) bond motifs is 2. The Labute approximate surface area is 138 Å². The van der Waals surface area contributed by atoms with Gasteiger partial charge in [0.05, 0.1) is 5.41 Å². The van der Waals surface area contributed by atoms with Gasteiger partial charge in [-0.2, -0.15) is 0 Å². The highest BCUT2D eigenvalue weighted by molar-refractivity contribution is 6.13. The molecule has 4 heteroatoms. The molecule has 0 atom stereocenters. The number of nitrogens with zero attached hydrogens (tertiary/aromatic N) is 2. The van der Waals surface area contributed by atoms with Gasteiger partial charge in [-0.1, -0.05) is 37.5 Å². The Kier molecular flexibility index (Phi) is 4.53. The number of rotatable bonds is 4. The van der Waals surface area contributed by atoms with Crippen LogP contribution in [0.25, 0.3) is 0 Å². The molecule has 0 unspecified atom stereocenters. The van der Waals surface area contributed by atoms with Gasteiger partial charge in [0.1, 0.15) is 0 Å². The van der Waals surface area contributed by atoms with Crippen LogP contribution in [0.5, 0.6) is 0 Å². The van der Waals surface area contributed by atoms with Crippen molar-refractivity contribution < 1.29 is 9.59 Å². The Hall–Kier alpha value is -1.68. The van der Waals surface area contributed by atoms with E-state index in [0.717, 1.165) is 49.8 Å². The summed E-state index contributed by atoms with van der Waals surface area (Å²) in [4.78, 5) is 29.7. The molecule has 0 aromatic heterocycles. The molecule has 1 heterocycles. The molecule has 0 N–H and O–H groups in total. The van der Waals surface area contributed by atoms with E-state index in [2.05, 4.69) is 4.90 Å². The molecule has 4 nitrogen and oxygen atoms in total. The van der Waals surface area contributed by atoms with Gasteiger partial charge in [-0.05, 0) is 51.5 Å². The van der Waals surface area contributed by atoms with Crippen molar-refractivity contribution >= 4 is 11.8 Å². The molecule has 23 heavy (non-hydrogen) atoms. The summed E-state index contributed by atoms with van der Waals surface area (Å²) in [6.45, 7) is 1.40. The number of amides is 2. The van der Waals surface area contributed by atoms with Crippen LogP contribution in [0.4, 0.5) is 0 Å². The van der Waals surface area contributed by atoms with Crippen molar-refractivity contribution in [3.05, 3.63) is 35.4 Å². The number of carbonyl (C=O) groups excluding carboxylic acids is 2. The molecule has 1 spiro atoms. The normalized spacial score (nSPS) is 20.2. The standard InChI is InChI=1S/C19H26N2O2/c1-20(2)13-8-14-21-17(22)15-9-4-5-10-16(15)19(18(21)23)11-6-3-7-12-19/h4-5,9-10H,3,6-8,11-14H2,1-2H3. The van der Waals surface area contributed by atoms with Crippen LogP contribution in [0, 0.1) is 0 Å². The molecule has 0 bridgehead atoms. The average Bonchev–Trinajstić information content (AvgIpc) is 2.57. The SMILES string of the molecule is CN(C)CCCN1C(=O)c2ccccc2C2(CCCCC2)C1=O. The van der Waals surface area contributed by atoms with E-state index in [4.69, 9.17) is 0 Å². The maximum atomic E-state index is 13.2. The van der Waals surface area contributed by atoms with Gasteiger partial charge in [0.15, 0.2) is 0 Å². The first kappa shape index (κ1) is 16.2. The van der Waals surface area contributed by atoms with Gasteiger partial charge in [0.2, 0.25) is 5.91 Å². The Bertz CT molecular complexity index is 603. The van der Waals surface area contributed by atoms with Gasteiger partial charge in [0.25, 0.3) is 5.91 Å². The molecule has 1 fully saturated rings. The van der Waals surface area contributed by atoms with E-state index in [1.807, 2.05) is 38.4 Å². The zero-order chi connectivity index (χ0) is 16.4. The molecule has 2 amide bonds. The topological polar surface area (TPSA) is 40.6 Å². The van der Waals surface area contributed by atoms with Crippen LogP contribution in [0.15, 0.2) is 24.3 Å². The lowest BCUT2D eigenvalue weighted by atomic mass is 9.65. The van der Waals surface area contributed by atoms with E-state index >= 15 is 0 Å². The minimum Gasteiger partial charge on any atom is -0.309 e. The largest absolute Gasteiger partial charge is 0.309 e. The lowest BCUT2D eigenvalue weighted by Crippen LogP contribution is -2.55. The molecule has 1 aromatic rings. The van der Waals surface area contributed by atoms with Crippen LogP contribution in [-0.4, -0.2) is 48.8 Å². The zero-order valence-electron chi connectivity index (χ0n) is 14.2. The predicted octanol–water partition coefficient (Wildman–Crippen LogP) is 2.82. The third kappa shape index (κ3) is 2.80. The Morgan fingerprint density at radius 3 is 2.48 bits per heavy atom. The molecule has 1 aliphatic carbocycles. The summed E-state index contributed by atoms with van der Waals surface area (Å²) in [6.07, 6.45) is 5.90. The molecule has 124 valence electrons. The highest BCUT2D eigenvalue weighted by Gasteiger charge is 2.50. The Balaban J connectivity index is 1.95. The summed E-state index contributed by atoms with van der Waals surface area (Å²) in [6, 6.07) is 7.74. The van der Waals surface area contributed by atoms with Crippen LogP contribution < -0.4 is 0 Å². The Morgan fingerprint density at radius 1 is 1.09 bits per heavy atom. The van der Waals surface area contributed by atoms with E-state index in [1.165, 1.54) is 11.3 Å². The van der Waals surface area contributed by atoms with E-state index in [-0.39, 0.29) is 11.8 Å². The van der Waals surface area contributed by atoms with Crippen molar-refractivity contribution in [2.75, 3.05) is 27.2 Å². The first-order valence-corrected chi connectivity index (χ1v) is 8.67. The minimum absolute atomic E-state index is 0.0413. The zero-order valence-corrected chi connectivity index (χ0v) is 14.2. The molecule has 0 saturated heterocycles. The van der Waals surface area contributed by atoms with Crippen molar-refractivity contribution in [1.82, 2.24) is 9.80 Å². The fraction of sp³-hybridized carbons (Fsp3) is 0.579. The van der Waals surface area contributed by atoms with E-state index in [0.29, 0.717) is 6.54 Å². The fourth-order valence-electron chi connectivity index (χ4n) is 4.08. The van der Waals surface area contributed by atoms with Crippen molar-refractivity contribution in [2.24, 2.45) is 0 Å². The summed E-state index contributed by atoms with van der Waals surface area (Å²) in [5.74, 6) is -0.0692. The quantitative estimate of drug-likeness (QED) is 0.802. The van der Waals surface area contributed by atoms with Crippen LogP contribution in [-0.2, 0) is 10.2 Å². The third-order valence-electron chi connectivity index (χ3n) is 5.27. The average molecular weight is 314 g/mol. The maximum Gasteiger partial charge on any atom is 0.260 e. The van der Waals surface area contributed by atoms with Gasteiger partial charge in [0, 0.05) is 12.1 Å². The fourth-order valence-corrected chi connectivity index (χ4v) is 4.08. The predicted molar refractivity (Wildman–Crippen MR) is 90.4 cm³/mol. The van der Waals surface area contributed by atoms with Crippen molar-refractivity contribution in [1.29, 1.82) is 0 Å². The number of carbonyl (C=O) groups is 2. The first-order chi connectivity index (χ1) is 11.1. The number of hydrogen-bond donors (Lipinski definition) is 0. The highest BCUT2D eigenvalue weighted by atomic mass is 16.2. The van der Waals surface area contributed by atoms with Gasteiger partial charge >= 0.3 is 0 Å². The van der Waals surface area contributed by atoms with Crippen LogP contribution >= 0.6 is 0 Å². The lowest BCUT2D eigenvalue weighted by Gasteiger charge is -2.44. The summed E-state index contributed by atoms with van der Waals surface area (Å²) >= 11 is 0. The lowest BCUT2D eigenvalue weighted by molar-refractivity contribution is -0.137. The van der Waals surface area contributed by atoms with E-state index < -0.39 is 5.41 Å². The highest BCUT2D eigenvalue weighted by Crippen LogP contribution is 2.45. The molecule has 1 aromatic carbocycles. The number of benzene rings is 1. The summed E-state index contributed by atoms with van der Waals surface area (Å²) in [5, 5.41) is 0. The molecule has 2 aliphatic rings. The first-order valence-electron chi connectivity index (χ1n) is 8.67. The summed E-state index contributed by atoms with van der Waals surface area (Å²) < 4.78 is 0. The van der Waals surface area contributed by atoms with Crippen molar-refractivity contribution in [3.63, 3.8) is 0 Å². The second kappa shape index (κ2) is 6.44. The van der Waals surface area contributed by atoms with Crippen LogP contribution in [0.2, 0.25) is 0 Å². The molecule has 1 saturated carbocycles. The monoisotopic (exact) mass is 314 g/mol. The minimum atomic E-state index is -0.457. The Morgan fingerprint density at radius 2 is 1.78 bits per heavy atom. The summed E-state index contributed by atoms with van der Waals surface area (Å²) in [5.41, 5.74) is 1.25. The van der Waals surface area contributed by atoms with Crippen molar-refractivity contribution in [2.45, 2.75) is 43.9 Å². The molecular weight excluding hydrogens is 288 g/mol. The van der Waals surface area contributed by atoms with E-state index in [9.17, 15) is 9.59 Å². The second-order valence-electron chi connectivity index (χ2n) is 7.11. The van der Waals surface area contributed by atoms with Gasteiger partial charge in [-0.3, -0.25) is 14.5 Å². The third-order valence-corrected chi connectivity index (χ3v) is 5.27. The van der Waals surface area contributed by atoms with E-state index in [1.54, 1.807) is 0 Å². The van der Waals surface area contributed by atoms with Crippen LogP contribution in [0.3, 0.4) is 0 Å². The number of imide groups is 1. The smallest absolute Gasteiger partial charge is 0.260 e. The second-order valence-corrected chi connectivity index (χ2v) is 7.11. The van der Waals surface area contributed by atoms with Gasteiger partial charge in [-0.25, -0.2) is 0 Å². The molecule has 1 aliphatic heterocycles. The number of hydrogen-bond acceptors (Lipinski definition) is 3. The molecule has 3 rings (SSSR count). The molecular formula is C19H26N2O2. The van der Waals surface area contributed by atoms with Gasteiger partial charge in [-0.15, -0.1) is 0 Å². The van der Waals surface area contributed by atoms with Crippen molar-refractivity contribution in [3.8, 4) is 0 Å². The van der Waals surface area contributed by atoms with Gasteiger partial charge < -0.3 is 4.90 Å². The van der Waals surface area contributed by atoms with Crippen LogP contribution in [0.1, 0.15) is 54.4 Å².